The number of fused-ring (bicyclic) bond motifs is 1. The number of carbonyl (C=O) groups excluding carboxylic acids is 3. The van der Waals surface area contributed by atoms with E-state index in [1.165, 1.54) is 0 Å². The number of nitrogens with zero attached hydrogens (tertiary/aromatic N) is 1. The number of amides is 2. The molecule has 1 aliphatic heterocycles. The lowest BCUT2D eigenvalue weighted by Gasteiger charge is -2.33. The number of carbonyl (C=O) groups is 3. The van der Waals surface area contributed by atoms with Crippen LogP contribution in [0, 0.1) is 37.5 Å². The van der Waals surface area contributed by atoms with Gasteiger partial charge in [0.15, 0.2) is 0 Å². The monoisotopic (exact) mass is 456 g/mol. The standard InChI is InChI=1S/C26H36N2O5/c1-5-18-12-13-19-21(20(18)26(32)33-6-2)25(31)28(14-7-8-15-29)23(19)24(30)27-22-16(3)10-9-11-17(22)4/h9-13,18-21,23,29H,5-8,14-15H2,1-4H3,(H,27,30)/t18-,19+,20-,21+,23+/m1/s1. The van der Waals surface area contributed by atoms with Crippen molar-refractivity contribution < 1.29 is 24.2 Å². The molecule has 1 saturated heterocycles. The first-order valence-electron chi connectivity index (χ1n) is 12.0. The second-order valence-electron chi connectivity index (χ2n) is 9.00. The number of aliphatic hydroxyl groups excluding tert-OH is 1. The van der Waals surface area contributed by atoms with Crippen LogP contribution in [0.2, 0.25) is 0 Å². The normalized spacial score (nSPS) is 26.3. The minimum Gasteiger partial charge on any atom is -0.466 e. The second kappa shape index (κ2) is 11.0. The summed E-state index contributed by atoms with van der Waals surface area (Å²) in [5.74, 6) is -2.54. The zero-order valence-corrected chi connectivity index (χ0v) is 20.0. The summed E-state index contributed by atoms with van der Waals surface area (Å²) in [6, 6.07) is 5.10. The topological polar surface area (TPSA) is 95.9 Å². The molecule has 0 radical (unpaired) electrons. The van der Waals surface area contributed by atoms with E-state index in [4.69, 9.17) is 4.74 Å². The Balaban J connectivity index is 1.98. The predicted octanol–water partition coefficient (Wildman–Crippen LogP) is 3.23. The van der Waals surface area contributed by atoms with Crippen molar-refractivity contribution >= 4 is 23.5 Å². The number of ether oxygens (including phenoxy) is 1. The van der Waals surface area contributed by atoms with Gasteiger partial charge < -0.3 is 20.1 Å². The summed E-state index contributed by atoms with van der Waals surface area (Å²) in [6.07, 6.45) is 5.76. The molecule has 2 aliphatic rings. The summed E-state index contributed by atoms with van der Waals surface area (Å²) in [7, 11) is 0. The van der Waals surface area contributed by atoms with Gasteiger partial charge in [-0.25, -0.2) is 0 Å². The third kappa shape index (κ3) is 4.98. The number of anilines is 1. The molecule has 0 aromatic heterocycles. The molecule has 0 spiro atoms. The number of benzene rings is 1. The Morgan fingerprint density at radius 2 is 1.82 bits per heavy atom. The highest BCUT2D eigenvalue weighted by Gasteiger charge is 2.57. The number of hydrogen-bond donors (Lipinski definition) is 2. The number of para-hydroxylation sites is 1. The average Bonchev–Trinajstić information content (AvgIpc) is 3.07. The summed E-state index contributed by atoms with van der Waals surface area (Å²) in [6.45, 7) is 8.26. The number of aryl methyl sites for hydroxylation is 2. The molecule has 3 rings (SSSR count). The molecule has 1 aromatic rings. The molecule has 1 aliphatic carbocycles. The van der Waals surface area contributed by atoms with Crippen LogP contribution in [0.3, 0.4) is 0 Å². The van der Waals surface area contributed by atoms with Gasteiger partial charge in [0.25, 0.3) is 0 Å². The third-order valence-electron chi connectivity index (χ3n) is 6.95. The lowest BCUT2D eigenvalue weighted by atomic mass is 9.69. The minimum absolute atomic E-state index is 0.0252. The Bertz CT molecular complexity index is 892. The fourth-order valence-corrected chi connectivity index (χ4v) is 5.29. The second-order valence-corrected chi connectivity index (χ2v) is 9.00. The fourth-order valence-electron chi connectivity index (χ4n) is 5.29. The van der Waals surface area contributed by atoms with Crippen molar-refractivity contribution in [3.05, 3.63) is 41.5 Å². The first-order chi connectivity index (χ1) is 15.8. The molecule has 1 heterocycles. The van der Waals surface area contributed by atoms with Crippen molar-refractivity contribution in [2.75, 3.05) is 25.1 Å². The SMILES string of the molecule is CCOC(=O)[C@H]1[C@H]2C(=O)N(CCCCO)[C@H](C(=O)Nc3c(C)cccc3C)[C@H]2C=C[C@H]1CC. The summed E-state index contributed by atoms with van der Waals surface area (Å²) in [5.41, 5.74) is 2.65. The van der Waals surface area contributed by atoms with Gasteiger partial charge in [-0.1, -0.05) is 37.3 Å². The third-order valence-corrected chi connectivity index (χ3v) is 6.95. The van der Waals surface area contributed by atoms with Gasteiger partial charge in [0.1, 0.15) is 6.04 Å². The first kappa shape index (κ1) is 25.0. The molecular formula is C26H36N2O5. The van der Waals surface area contributed by atoms with Gasteiger partial charge in [0.05, 0.1) is 18.4 Å². The molecule has 1 fully saturated rings. The summed E-state index contributed by atoms with van der Waals surface area (Å²) in [5, 5.41) is 12.3. The van der Waals surface area contributed by atoms with Crippen molar-refractivity contribution in [3.63, 3.8) is 0 Å². The number of hydrogen-bond acceptors (Lipinski definition) is 5. The van der Waals surface area contributed by atoms with Crippen molar-refractivity contribution in [1.29, 1.82) is 0 Å². The number of likely N-dealkylation sites (tertiary alicyclic amines) is 1. The van der Waals surface area contributed by atoms with E-state index in [0.717, 1.165) is 16.8 Å². The molecule has 2 N–H and O–H groups in total. The highest BCUT2D eigenvalue weighted by atomic mass is 16.5. The van der Waals surface area contributed by atoms with E-state index in [-0.39, 0.29) is 36.9 Å². The Labute approximate surface area is 196 Å². The molecule has 180 valence electrons. The summed E-state index contributed by atoms with van der Waals surface area (Å²) in [4.78, 5) is 41.8. The van der Waals surface area contributed by atoms with E-state index >= 15 is 0 Å². The Kier molecular flexibility index (Phi) is 8.30. The van der Waals surface area contributed by atoms with Crippen LogP contribution in [0.25, 0.3) is 0 Å². The average molecular weight is 457 g/mol. The number of nitrogens with one attached hydrogen (secondary N) is 1. The van der Waals surface area contributed by atoms with Gasteiger partial charge >= 0.3 is 5.97 Å². The van der Waals surface area contributed by atoms with E-state index in [1.807, 2.05) is 51.1 Å². The molecule has 7 heteroatoms. The van der Waals surface area contributed by atoms with Gasteiger partial charge in [-0.15, -0.1) is 0 Å². The van der Waals surface area contributed by atoms with Crippen molar-refractivity contribution in [3.8, 4) is 0 Å². The van der Waals surface area contributed by atoms with Crippen LogP contribution in [0.15, 0.2) is 30.4 Å². The number of allylic oxidation sites excluding steroid dienone is 1. The highest BCUT2D eigenvalue weighted by Crippen LogP contribution is 2.45. The maximum Gasteiger partial charge on any atom is 0.310 e. The van der Waals surface area contributed by atoms with Crippen molar-refractivity contribution in [2.24, 2.45) is 23.7 Å². The summed E-state index contributed by atoms with van der Waals surface area (Å²) >= 11 is 0. The lowest BCUT2D eigenvalue weighted by Crippen LogP contribution is -2.45. The van der Waals surface area contributed by atoms with Crippen LogP contribution in [0.1, 0.15) is 44.2 Å². The molecule has 0 unspecified atom stereocenters. The lowest BCUT2D eigenvalue weighted by molar-refractivity contribution is -0.155. The number of unbranched alkanes of at least 4 members (excludes halogenated alkanes) is 1. The number of aliphatic hydroxyl groups is 1. The van der Waals surface area contributed by atoms with E-state index in [2.05, 4.69) is 5.32 Å². The van der Waals surface area contributed by atoms with Gasteiger partial charge in [0, 0.05) is 24.8 Å². The Morgan fingerprint density at radius 3 is 2.42 bits per heavy atom. The maximum atomic E-state index is 13.7. The molecule has 0 bridgehead atoms. The van der Waals surface area contributed by atoms with Crippen LogP contribution in [-0.4, -0.2) is 53.6 Å². The van der Waals surface area contributed by atoms with Gasteiger partial charge in [-0.05, 0) is 57.1 Å². The molecule has 1 aromatic carbocycles. The molecule has 2 amide bonds. The van der Waals surface area contributed by atoms with E-state index in [9.17, 15) is 19.5 Å². The van der Waals surface area contributed by atoms with E-state index < -0.39 is 23.8 Å². The maximum absolute atomic E-state index is 13.7. The zero-order valence-electron chi connectivity index (χ0n) is 20.0. The number of rotatable bonds is 9. The highest BCUT2D eigenvalue weighted by molar-refractivity contribution is 6.02. The van der Waals surface area contributed by atoms with Crippen LogP contribution in [-0.2, 0) is 19.1 Å². The molecular weight excluding hydrogens is 420 g/mol. The summed E-state index contributed by atoms with van der Waals surface area (Å²) < 4.78 is 5.35. The predicted molar refractivity (Wildman–Crippen MR) is 126 cm³/mol. The fraction of sp³-hybridized carbons (Fsp3) is 0.577. The van der Waals surface area contributed by atoms with E-state index in [0.29, 0.717) is 25.8 Å². The van der Waals surface area contributed by atoms with Crippen LogP contribution >= 0.6 is 0 Å². The largest absolute Gasteiger partial charge is 0.466 e. The Hall–Kier alpha value is -2.67. The van der Waals surface area contributed by atoms with E-state index in [1.54, 1.807) is 11.8 Å². The molecule has 33 heavy (non-hydrogen) atoms. The van der Waals surface area contributed by atoms with Crippen LogP contribution in [0.5, 0.6) is 0 Å². The molecule has 7 nitrogen and oxygen atoms in total. The minimum atomic E-state index is -0.716. The first-order valence-corrected chi connectivity index (χ1v) is 12.0. The van der Waals surface area contributed by atoms with Gasteiger partial charge in [-0.3, -0.25) is 14.4 Å². The van der Waals surface area contributed by atoms with Crippen molar-refractivity contribution in [1.82, 2.24) is 4.90 Å². The van der Waals surface area contributed by atoms with Crippen LogP contribution < -0.4 is 5.32 Å². The van der Waals surface area contributed by atoms with Gasteiger partial charge in [0.2, 0.25) is 11.8 Å². The molecule has 5 atom stereocenters. The zero-order chi connectivity index (χ0) is 24.1. The quantitative estimate of drug-likeness (QED) is 0.338. The van der Waals surface area contributed by atoms with Gasteiger partial charge in [-0.2, -0.15) is 0 Å². The Morgan fingerprint density at radius 1 is 1.12 bits per heavy atom. The molecule has 0 saturated carbocycles. The smallest absolute Gasteiger partial charge is 0.310 e. The van der Waals surface area contributed by atoms with Crippen LogP contribution in [0.4, 0.5) is 5.69 Å². The number of esters is 1. The van der Waals surface area contributed by atoms with Crippen molar-refractivity contribution in [2.45, 2.75) is 53.0 Å².